The molecule has 0 unspecified atom stereocenters. The lowest BCUT2D eigenvalue weighted by molar-refractivity contribution is -0.139. The molecule has 7 heteroatoms. The molecule has 0 aliphatic carbocycles. The third kappa shape index (κ3) is 3.72. The van der Waals surface area contributed by atoms with E-state index in [1.54, 1.807) is 0 Å². The van der Waals surface area contributed by atoms with Gasteiger partial charge in [0, 0.05) is 6.20 Å². The number of ether oxygens (including phenoxy) is 2. The summed E-state index contributed by atoms with van der Waals surface area (Å²) in [6, 6.07) is 11.2. The van der Waals surface area contributed by atoms with Gasteiger partial charge in [-0.25, -0.2) is 4.98 Å². The molecule has 3 aromatic rings. The van der Waals surface area contributed by atoms with Crippen molar-refractivity contribution in [2.75, 3.05) is 13.7 Å². The Hall–Kier alpha value is -3.22. The fraction of sp³-hybridized carbons (Fsp3) is 0.263. The molecule has 26 heavy (non-hydrogen) atoms. The molecule has 0 saturated carbocycles. The van der Waals surface area contributed by atoms with E-state index in [2.05, 4.69) is 15.2 Å². The number of esters is 1. The summed E-state index contributed by atoms with van der Waals surface area (Å²) in [5.41, 5.74) is 2.94. The van der Waals surface area contributed by atoms with Gasteiger partial charge in [0.05, 0.1) is 31.5 Å². The third-order valence-corrected chi connectivity index (χ3v) is 3.84. The Morgan fingerprint density at radius 1 is 1.19 bits per heavy atom. The third-order valence-electron chi connectivity index (χ3n) is 3.84. The number of azo groups is 1. The standard InChI is InChI=1S/C19H20N4O3/c1-4-26-15-9-7-14(8-10-15)21-22-19-16(12-17(24)25-3)20-18-13(2)6-5-11-23(18)19/h5-11H,4,12H2,1-3H3. The van der Waals surface area contributed by atoms with Crippen LogP contribution in [-0.4, -0.2) is 29.1 Å². The van der Waals surface area contributed by atoms with Crippen LogP contribution in [0.2, 0.25) is 0 Å². The van der Waals surface area contributed by atoms with Crippen molar-refractivity contribution < 1.29 is 14.3 Å². The summed E-state index contributed by atoms with van der Waals surface area (Å²) >= 11 is 0. The van der Waals surface area contributed by atoms with Crippen molar-refractivity contribution in [3.05, 3.63) is 53.9 Å². The molecule has 0 N–H and O–H groups in total. The first-order valence-corrected chi connectivity index (χ1v) is 8.30. The van der Waals surface area contributed by atoms with Crippen molar-refractivity contribution in [1.82, 2.24) is 9.38 Å². The first kappa shape index (κ1) is 17.6. The molecule has 0 atom stereocenters. The Balaban J connectivity index is 1.98. The number of carbonyl (C=O) groups is 1. The molecule has 0 fully saturated rings. The van der Waals surface area contributed by atoms with Gasteiger partial charge in [-0.3, -0.25) is 9.20 Å². The second-order valence-corrected chi connectivity index (χ2v) is 5.65. The molecular weight excluding hydrogens is 332 g/mol. The van der Waals surface area contributed by atoms with Crippen LogP contribution in [-0.2, 0) is 16.0 Å². The van der Waals surface area contributed by atoms with E-state index in [1.165, 1.54) is 7.11 Å². The van der Waals surface area contributed by atoms with Crippen molar-refractivity contribution in [2.45, 2.75) is 20.3 Å². The monoisotopic (exact) mass is 352 g/mol. The summed E-state index contributed by atoms with van der Waals surface area (Å²) in [7, 11) is 1.35. The van der Waals surface area contributed by atoms with E-state index in [1.807, 2.05) is 60.8 Å². The molecule has 0 aliphatic rings. The Labute approximate surface area is 151 Å². The number of rotatable bonds is 6. The lowest BCUT2D eigenvalue weighted by Crippen LogP contribution is -2.04. The summed E-state index contributed by atoms with van der Waals surface area (Å²) in [6.45, 7) is 4.50. The molecule has 2 aromatic heterocycles. The second-order valence-electron chi connectivity index (χ2n) is 5.65. The normalized spacial score (nSPS) is 11.2. The van der Waals surface area contributed by atoms with Crippen LogP contribution in [0.5, 0.6) is 5.75 Å². The first-order valence-electron chi connectivity index (χ1n) is 8.30. The zero-order chi connectivity index (χ0) is 18.5. The van der Waals surface area contributed by atoms with Crippen molar-refractivity contribution in [3.8, 4) is 5.75 Å². The molecule has 0 spiro atoms. The number of carbonyl (C=O) groups excluding carboxylic acids is 1. The van der Waals surface area contributed by atoms with E-state index < -0.39 is 0 Å². The van der Waals surface area contributed by atoms with Gasteiger partial charge in [0.1, 0.15) is 11.4 Å². The maximum atomic E-state index is 11.7. The predicted octanol–water partition coefficient (Wildman–Crippen LogP) is 4.17. The van der Waals surface area contributed by atoms with Crippen molar-refractivity contribution in [2.24, 2.45) is 10.2 Å². The molecule has 0 aliphatic heterocycles. The van der Waals surface area contributed by atoms with Gasteiger partial charge in [0.25, 0.3) is 0 Å². The molecule has 0 bridgehead atoms. The molecule has 0 radical (unpaired) electrons. The highest BCUT2D eigenvalue weighted by Crippen LogP contribution is 2.27. The summed E-state index contributed by atoms with van der Waals surface area (Å²) in [6.07, 6.45) is 1.89. The molecule has 0 amide bonds. The van der Waals surface area contributed by atoms with Crippen LogP contribution in [0.4, 0.5) is 11.5 Å². The zero-order valence-corrected chi connectivity index (χ0v) is 15.0. The molecule has 2 heterocycles. The van der Waals surface area contributed by atoms with Gasteiger partial charge in [-0.05, 0) is 49.7 Å². The lowest BCUT2D eigenvalue weighted by atomic mass is 10.3. The van der Waals surface area contributed by atoms with Gasteiger partial charge in [-0.15, -0.1) is 10.2 Å². The first-order chi connectivity index (χ1) is 12.6. The molecule has 134 valence electrons. The Morgan fingerprint density at radius 3 is 2.65 bits per heavy atom. The van der Waals surface area contributed by atoms with Gasteiger partial charge in [0.2, 0.25) is 0 Å². The van der Waals surface area contributed by atoms with E-state index in [9.17, 15) is 4.79 Å². The van der Waals surface area contributed by atoms with Crippen LogP contribution in [0.15, 0.2) is 52.8 Å². The fourth-order valence-corrected chi connectivity index (χ4v) is 2.55. The van der Waals surface area contributed by atoms with E-state index in [-0.39, 0.29) is 12.4 Å². The minimum absolute atomic E-state index is 0.0370. The molecule has 1 aromatic carbocycles. The molecule has 3 rings (SSSR count). The second kappa shape index (κ2) is 7.77. The van der Waals surface area contributed by atoms with Gasteiger partial charge in [-0.2, -0.15) is 0 Å². The van der Waals surface area contributed by atoms with Gasteiger partial charge >= 0.3 is 5.97 Å². The number of pyridine rings is 1. The summed E-state index contributed by atoms with van der Waals surface area (Å²) in [4.78, 5) is 16.3. The van der Waals surface area contributed by atoms with Crippen LogP contribution in [0, 0.1) is 6.92 Å². The average Bonchev–Trinajstić information content (AvgIpc) is 3.00. The number of imidazole rings is 1. The van der Waals surface area contributed by atoms with E-state index in [4.69, 9.17) is 9.47 Å². The topological polar surface area (TPSA) is 77.5 Å². The maximum absolute atomic E-state index is 11.7. The summed E-state index contributed by atoms with van der Waals surface area (Å²) < 4.78 is 12.0. The number of methoxy groups -OCH3 is 1. The number of hydrogen-bond donors (Lipinski definition) is 0. The van der Waals surface area contributed by atoms with Crippen molar-refractivity contribution >= 4 is 23.1 Å². The number of fused-ring (bicyclic) bond motifs is 1. The molecular formula is C19H20N4O3. The molecule has 0 saturated heterocycles. The maximum Gasteiger partial charge on any atom is 0.311 e. The van der Waals surface area contributed by atoms with E-state index in [0.29, 0.717) is 23.8 Å². The Morgan fingerprint density at radius 2 is 1.96 bits per heavy atom. The van der Waals surface area contributed by atoms with Crippen LogP contribution in [0.1, 0.15) is 18.2 Å². The highest BCUT2D eigenvalue weighted by molar-refractivity contribution is 5.74. The minimum atomic E-state index is -0.372. The van der Waals surface area contributed by atoms with E-state index in [0.717, 1.165) is 17.0 Å². The van der Waals surface area contributed by atoms with Crippen LogP contribution >= 0.6 is 0 Å². The Kier molecular flexibility index (Phi) is 5.26. The minimum Gasteiger partial charge on any atom is -0.494 e. The quantitative estimate of drug-likeness (QED) is 0.493. The number of hydrogen-bond acceptors (Lipinski definition) is 6. The number of aromatic nitrogens is 2. The number of benzene rings is 1. The largest absolute Gasteiger partial charge is 0.494 e. The van der Waals surface area contributed by atoms with Crippen LogP contribution in [0.3, 0.4) is 0 Å². The summed E-state index contributed by atoms with van der Waals surface area (Å²) in [5.74, 6) is 0.926. The van der Waals surface area contributed by atoms with Gasteiger partial charge in [-0.1, -0.05) is 6.07 Å². The highest BCUT2D eigenvalue weighted by Gasteiger charge is 2.16. The highest BCUT2D eigenvalue weighted by atomic mass is 16.5. The van der Waals surface area contributed by atoms with Gasteiger partial charge in [0.15, 0.2) is 5.82 Å². The fourth-order valence-electron chi connectivity index (χ4n) is 2.55. The predicted molar refractivity (Wildman–Crippen MR) is 97.4 cm³/mol. The smallest absolute Gasteiger partial charge is 0.311 e. The molecule has 7 nitrogen and oxygen atoms in total. The SMILES string of the molecule is CCOc1ccc(N=Nc2c(CC(=O)OC)nc3c(C)cccn23)cc1. The van der Waals surface area contributed by atoms with Crippen molar-refractivity contribution in [3.63, 3.8) is 0 Å². The number of aryl methyl sites for hydroxylation is 1. The Bertz CT molecular complexity index is 945. The van der Waals surface area contributed by atoms with Crippen molar-refractivity contribution in [1.29, 1.82) is 0 Å². The van der Waals surface area contributed by atoms with Crippen LogP contribution < -0.4 is 4.74 Å². The lowest BCUT2D eigenvalue weighted by Gasteiger charge is -2.02. The van der Waals surface area contributed by atoms with Crippen LogP contribution in [0.25, 0.3) is 5.65 Å². The zero-order valence-electron chi connectivity index (χ0n) is 15.0. The van der Waals surface area contributed by atoms with E-state index >= 15 is 0 Å². The average molecular weight is 352 g/mol. The summed E-state index contributed by atoms with van der Waals surface area (Å²) in [5, 5.41) is 8.63. The van der Waals surface area contributed by atoms with Gasteiger partial charge < -0.3 is 9.47 Å². The number of nitrogens with zero attached hydrogens (tertiary/aromatic N) is 4.